The van der Waals surface area contributed by atoms with Crippen molar-refractivity contribution in [1.82, 2.24) is 10.0 Å². The van der Waals surface area contributed by atoms with E-state index in [4.69, 9.17) is 9.47 Å². The van der Waals surface area contributed by atoms with Crippen LogP contribution >= 0.6 is 12.4 Å². The summed E-state index contributed by atoms with van der Waals surface area (Å²) < 4.78 is 50.2. The number of rotatable bonds is 9. The number of halogens is 2. The summed E-state index contributed by atoms with van der Waals surface area (Å²) in [6.07, 6.45) is 0. The van der Waals surface area contributed by atoms with Crippen molar-refractivity contribution in [2.75, 3.05) is 40.5 Å². The van der Waals surface area contributed by atoms with Crippen molar-refractivity contribution in [2.45, 2.75) is 11.8 Å². The molecule has 0 aliphatic rings. The van der Waals surface area contributed by atoms with Crippen LogP contribution in [-0.4, -0.2) is 48.9 Å². The van der Waals surface area contributed by atoms with Crippen molar-refractivity contribution in [1.29, 1.82) is 0 Å². The predicted octanol–water partition coefficient (Wildman–Crippen LogP) is 1.08. The molecular weight excluding hydrogens is 335 g/mol. The number of nitrogens with one attached hydrogen (secondary N) is 2. The average Bonchev–Trinajstić information content (AvgIpc) is 2.45. The monoisotopic (exact) mass is 356 g/mol. The molecule has 0 unspecified atom stereocenters. The molecular formula is C13H22ClFN2O4S. The molecule has 0 radical (unpaired) electrons. The van der Waals surface area contributed by atoms with Crippen molar-refractivity contribution in [2.24, 2.45) is 0 Å². The zero-order valence-electron chi connectivity index (χ0n) is 12.8. The maximum absolute atomic E-state index is 13.9. The SMILES string of the molecule is COCCNCCNS(=O)(=O)c1ccc(OC)c(F)c1C.Cl. The Morgan fingerprint density at radius 3 is 2.45 bits per heavy atom. The second-order valence-corrected chi connectivity index (χ2v) is 6.08. The molecule has 0 saturated carbocycles. The number of benzene rings is 1. The van der Waals surface area contributed by atoms with E-state index in [0.717, 1.165) is 0 Å². The van der Waals surface area contributed by atoms with E-state index in [1.54, 1.807) is 7.11 Å². The highest BCUT2D eigenvalue weighted by molar-refractivity contribution is 7.89. The lowest BCUT2D eigenvalue weighted by Crippen LogP contribution is -2.33. The lowest BCUT2D eigenvalue weighted by Gasteiger charge is -2.12. The van der Waals surface area contributed by atoms with Gasteiger partial charge in [0.1, 0.15) is 0 Å². The fourth-order valence-corrected chi connectivity index (χ4v) is 3.01. The zero-order valence-corrected chi connectivity index (χ0v) is 14.4. The summed E-state index contributed by atoms with van der Waals surface area (Å²) in [5.74, 6) is -0.647. The smallest absolute Gasteiger partial charge is 0.240 e. The Balaban J connectivity index is 0.00000441. The molecule has 1 rings (SSSR count). The van der Waals surface area contributed by atoms with Crippen LogP contribution in [0.3, 0.4) is 0 Å². The first-order chi connectivity index (χ1) is 9.94. The van der Waals surface area contributed by atoms with Gasteiger partial charge >= 0.3 is 0 Å². The van der Waals surface area contributed by atoms with Gasteiger partial charge in [0.15, 0.2) is 11.6 Å². The molecule has 0 heterocycles. The van der Waals surface area contributed by atoms with E-state index in [2.05, 4.69) is 10.0 Å². The minimum Gasteiger partial charge on any atom is -0.494 e. The second kappa shape index (κ2) is 9.96. The molecule has 1 aromatic rings. The molecule has 0 aliphatic carbocycles. The molecule has 6 nitrogen and oxygen atoms in total. The van der Waals surface area contributed by atoms with Crippen LogP contribution in [-0.2, 0) is 14.8 Å². The summed E-state index contributed by atoms with van der Waals surface area (Å²) in [6, 6.07) is 2.63. The number of methoxy groups -OCH3 is 2. The molecule has 0 aromatic heterocycles. The fraction of sp³-hybridized carbons (Fsp3) is 0.538. The Hall–Kier alpha value is -0.930. The Bertz CT molecular complexity index is 569. The van der Waals surface area contributed by atoms with Gasteiger partial charge in [-0.05, 0) is 19.1 Å². The number of ether oxygens (including phenoxy) is 2. The quantitative estimate of drug-likeness (QED) is 0.647. The average molecular weight is 357 g/mol. The molecule has 1 aromatic carbocycles. The summed E-state index contributed by atoms with van der Waals surface area (Å²) in [4.78, 5) is -0.0855. The van der Waals surface area contributed by atoms with E-state index in [1.165, 1.54) is 26.2 Å². The highest BCUT2D eigenvalue weighted by atomic mass is 35.5. The van der Waals surface area contributed by atoms with Crippen LogP contribution in [0, 0.1) is 12.7 Å². The Morgan fingerprint density at radius 1 is 1.18 bits per heavy atom. The van der Waals surface area contributed by atoms with Gasteiger partial charge in [-0.3, -0.25) is 0 Å². The van der Waals surface area contributed by atoms with Crippen LogP contribution in [0.1, 0.15) is 5.56 Å². The molecule has 128 valence electrons. The first-order valence-corrected chi connectivity index (χ1v) is 7.94. The van der Waals surface area contributed by atoms with Crippen molar-refractivity contribution < 1.29 is 22.3 Å². The largest absolute Gasteiger partial charge is 0.494 e. The molecule has 0 atom stereocenters. The van der Waals surface area contributed by atoms with Gasteiger partial charge in [-0.15, -0.1) is 12.4 Å². The first kappa shape index (κ1) is 21.1. The van der Waals surface area contributed by atoms with Crippen LogP contribution in [0.25, 0.3) is 0 Å². The van der Waals surface area contributed by atoms with Crippen molar-refractivity contribution in [3.63, 3.8) is 0 Å². The van der Waals surface area contributed by atoms with Crippen LogP contribution in [0.2, 0.25) is 0 Å². The minimum atomic E-state index is -3.75. The standard InChI is InChI=1S/C13H21FN2O4S.ClH/c1-10-12(5-4-11(20-3)13(10)14)21(17,18)16-7-6-15-8-9-19-2;/h4-5,15-16H,6-9H2,1-3H3;1H. The molecule has 9 heteroatoms. The highest BCUT2D eigenvalue weighted by Gasteiger charge is 2.20. The lowest BCUT2D eigenvalue weighted by atomic mass is 10.2. The third-order valence-electron chi connectivity index (χ3n) is 2.89. The molecule has 0 spiro atoms. The first-order valence-electron chi connectivity index (χ1n) is 6.46. The highest BCUT2D eigenvalue weighted by Crippen LogP contribution is 2.25. The maximum atomic E-state index is 13.9. The van der Waals surface area contributed by atoms with Gasteiger partial charge in [0.25, 0.3) is 0 Å². The summed E-state index contributed by atoms with van der Waals surface area (Å²) in [5.41, 5.74) is 0.0363. The van der Waals surface area contributed by atoms with E-state index >= 15 is 0 Å². The van der Waals surface area contributed by atoms with Gasteiger partial charge in [0.2, 0.25) is 10.0 Å². The molecule has 0 bridgehead atoms. The number of hydrogen-bond donors (Lipinski definition) is 2. The van der Waals surface area contributed by atoms with Crippen LogP contribution in [0.4, 0.5) is 4.39 Å². The summed E-state index contributed by atoms with van der Waals surface area (Å²) in [6.45, 7) is 3.26. The minimum absolute atomic E-state index is 0. The van der Waals surface area contributed by atoms with E-state index in [9.17, 15) is 12.8 Å². The van der Waals surface area contributed by atoms with Gasteiger partial charge in [-0.25, -0.2) is 17.5 Å². The summed E-state index contributed by atoms with van der Waals surface area (Å²) in [7, 11) is -0.830. The molecule has 0 amide bonds. The second-order valence-electron chi connectivity index (χ2n) is 4.35. The van der Waals surface area contributed by atoms with Gasteiger partial charge in [-0.2, -0.15) is 0 Å². The topological polar surface area (TPSA) is 76.7 Å². The van der Waals surface area contributed by atoms with Gasteiger partial charge in [0, 0.05) is 32.3 Å². The van der Waals surface area contributed by atoms with E-state index < -0.39 is 15.8 Å². The van der Waals surface area contributed by atoms with Crippen LogP contribution in [0.15, 0.2) is 17.0 Å². The van der Waals surface area contributed by atoms with Crippen LogP contribution < -0.4 is 14.8 Å². The van der Waals surface area contributed by atoms with Crippen molar-refractivity contribution in [3.05, 3.63) is 23.5 Å². The Kier molecular flexibility index (Phi) is 9.54. The van der Waals surface area contributed by atoms with E-state index in [0.29, 0.717) is 19.7 Å². The summed E-state index contributed by atoms with van der Waals surface area (Å²) in [5, 5.41) is 3.01. The zero-order chi connectivity index (χ0) is 15.9. The lowest BCUT2D eigenvalue weighted by molar-refractivity contribution is 0.199. The van der Waals surface area contributed by atoms with E-state index in [-0.39, 0.29) is 35.2 Å². The third-order valence-corrected chi connectivity index (χ3v) is 4.49. The fourth-order valence-electron chi connectivity index (χ4n) is 1.74. The van der Waals surface area contributed by atoms with Gasteiger partial charge < -0.3 is 14.8 Å². The maximum Gasteiger partial charge on any atom is 0.240 e. The van der Waals surface area contributed by atoms with Crippen LogP contribution in [0.5, 0.6) is 5.75 Å². The van der Waals surface area contributed by atoms with Gasteiger partial charge in [0.05, 0.1) is 18.6 Å². The molecule has 2 N–H and O–H groups in total. The molecule has 0 fully saturated rings. The normalized spacial score (nSPS) is 11.1. The third kappa shape index (κ3) is 5.69. The van der Waals surface area contributed by atoms with E-state index in [1.807, 2.05) is 0 Å². The molecule has 22 heavy (non-hydrogen) atoms. The number of sulfonamides is 1. The van der Waals surface area contributed by atoms with Crippen molar-refractivity contribution in [3.8, 4) is 5.75 Å². The Labute approximate surface area is 136 Å². The molecule has 0 aliphatic heterocycles. The van der Waals surface area contributed by atoms with Crippen molar-refractivity contribution >= 4 is 22.4 Å². The Morgan fingerprint density at radius 2 is 1.86 bits per heavy atom. The molecule has 0 saturated heterocycles. The predicted molar refractivity (Wildman–Crippen MR) is 84.9 cm³/mol. The summed E-state index contributed by atoms with van der Waals surface area (Å²) >= 11 is 0. The number of hydrogen-bond acceptors (Lipinski definition) is 5. The van der Waals surface area contributed by atoms with Gasteiger partial charge in [-0.1, -0.05) is 0 Å².